The quantitative estimate of drug-likeness (QED) is 0.828. The zero-order chi connectivity index (χ0) is 9.84. The number of rotatable bonds is 3. The van der Waals surface area contributed by atoms with E-state index in [9.17, 15) is 9.90 Å². The van der Waals surface area contributed by atoms with Crippen LogP contribution in [0.25, 0.3) is 0 Å². The summed E-state index contributed by atoms with van der Waals surface area (Å²) >= 11 is 3.22. The Morgan fingerprint density at radius 1 is 1.62 bits per heavy atom. The minimum absolute atomic E-state index is 0.0245. The van der Waals surface area contributed by atoms with E-state index in [1.807, 2.05) is 19.1 Å². The van der Waals surface area contributed by atoms with E-state index in [0.717, 1.165) is 11.8 Å². The Balaban J connectivity index is 2.79. The van der Waals surface area contributed by atoms with Crippen LogP contribution in [-0.4, -0.2) is 11.4 Å². The van der Waals surface area contributed by atoms with Crippen molar-refractivity contribution in [2.24, 2.45) is 5.92 Å². The molecular weight excluding hydrogens is 232 g/mol. The van der Waals surface area contributed by atoms with Gasteiger partial charge in [-0.05, 0) is 40.0 Å². The molecule has 0 aliphatic rings. The van der Waals surface area contributed by atoms with Crippen LogP contribution in [0, 0.1) is 5.92 Å². The predicted octanol–water partition coefficient (Wildman–Crippen LogP) is 2.53. The fourth-order valence-corrected chi connectivity index (χ4v) is 1.52. The maximum Gasteiger partial charge on any atom is 0.129 e. The number of halogens is 1. The van der Waals surface area contributed by atoms with Crippen LogP contribution in [0.5, 0.6) is 5.75 Å². The van der Waals surface area contributed by atoms with Gasteiger partial charge in [-0.25, -0.2) is 0 Å². The van der Waals surface area contributed by atoms with Crippen LogP contribution >= 0.6 is 15.9 Å². The normalized spacial score (nSPS) is 12.5. The summed E-state index contributed by atoms with van der Waals surface area (Å²) in [5.41, 5.74) is 1.05. The summed E-state index contributed by atoms with van der Waals surface area (Å²) < 4.78 is 0.670. The number of benzene rings is 1. The largest absolute Gasteiger partial charge is 0.507 e. The second kappa shape index (κ2) is 4.42. The summed E-state index contributed by atoms with van der Waals surface area (Å²) in [5, 5.41) is 9.22. The molecule has 1 N–H and O–H groups in total. The van der Waals surface area contributed by atoms with Gasteiger partial charge in [-0.3, -0.25) is 0 Å². The Morgan fingerprint density at radius 3 is 2.85 bits per heavy atom. The van der Waals surface area contributed by atoms with E-state index in [-0.39, 0.29) is 11.7 Å². The monoisotopic (exact) mass is 242 g/mol. The van der Waals surface area contributed by atoms with E-state index >= 15 is 0 Å². The van der Waals surface area contributed by atoms with Crippen LogP contribution in [0.2, 0.25) is 0 Å². The van der Waals surface area contributed by atoms with E-state index in [4.69, 9.17) is 0 Å². The molecule has 0 heterocycles. The molecule has 0 bridgehead atoms. The summed E-state index contributed by atoms with van der Waals surface area (Å²) in [6, 6.07) is 5.27. The molecule has 0 aliphatic heterocycles. The Morgan fingerprint density at radius 2 is 2.31 bits per heavy atom. The molecule has 0 spiro atoms. The van der Waals surface area contributed by atoms with Gasteiger partial charge in [0.25, 0.3) is 0 Å². The van der Waals surface area contributed by atoms with Crippen molar-refractivity contribution in [3.63, 3.8) is 0 Å². The lowest BCUT2D eigenvalue weighted by Gasteiger charge is -2.04. The summed E-state index contributed by atoms with van der Waals surface area (Å²) in [4.78, 5) is 10.4. The summed E-state index contributed by atoms with van der Waals surface area (Å²) in [6.45, 7) is 1.87. The third kappa shape index (κ3) is 2.84. The highest BCUT2D eigenvalue weighted by Crippen LogP contribution is 2.25. The molecule has 3 heteroatoms. The van der Waals surface area contributed by atoms with Crippen molar-refractivity contribution < 1.29 is 9.90 Å². The minimum Gasteiger partial charge on any atom is -0.507 e. The van der Waals surface area contributed by atoms with E-state index in [0.29, 0.717) is 10.9 Å². The number of hydrogen-bond donors (Lipinski definition) is 1. The molecule has 2 nitrogen and oxygen atoms in total. The standard InChI is InChI=1S/C10H11BrO2/c1-7(6-12)4-8-2-3-10(13)9(11)5-8/h2-3,5-7,13H,4H2,1H3. The number of aldehydes is 1. The van der Waals surface area contributed by atoms with Crippen LogP contribution in [0.1, 0.15) is 12.5 Å². The lowest BCUT2D eigenvalue weighted by atomic mass is 10.0. The van der Waals surface area contributed by atoms with E-state index in [1.165, 1.54) is 0 Å². The molecule has 13 heavy (non-hydrogen) atoms. The smallest absolute Gasteiger partial charge is 0.129 e. The topological polar surface area (TPSA) is 37.3 Å². The van der Waals surface area contributed by atoms with Gasteiger partial charge in [0.2, 0.25) is 0 Å². The first-order valence-electron chi connectivity index (χ1n) is 4.06. The molecule has 0 aromatic heterocycles. The first-order valence-corrected chi connectivity index (χ1v) is 4.85. The first-order chi connectivity index (χ1) is 6.13. The third-order valence-electron chi connectivity index (χ3n) is 1.80. The second-order valence-corrected chi connectivity index (χ2v) is 3.96. The van der Waals surface area contributed by atoms with Crippen LogP contribution in [0.15, 0.2) is 22.7 Å². The van der Waals surface area contributed by atoms with Gasteiger partial charge in [-0.15, -0.1) is 0 Å². The second-order valence-electron chi connectivity index (χ2n) is 3.10. The highest BCUT2D eigenvalue weighted by Gasteiger charge is 2.03. The van der Waals surface area contributed by atoms with Gasteiger partial charge < -0.3 is 9.90 Å². The molecule has 0 aliphatic carbocycles. The van der Waals surface area contributed by atoms with Crippen molar-refractivity contribution >= 4 is 22.2 Å². The van der Waals surface area contributed by atoms with Crippen molar-refractivity contribution in [2.45, 2.75) is 13.3 Å². The van der Waals surface area contributed by atoms with Crippen molar-refractivity contribution in [3.8, 4) is 5.75 Å². The van der Waals surface area contributed by atoms with Crippen molar-refractivity contribution in [2.75, 3.05) is 0 Å². The van der Waals surface area contributed by atoms with E-state index in [1.54, 1.807) is 6.07 Å². The summed E-state index contributed by atoms with van der Waals surface area (Å²) in [5.74, 6) is 0.249. The zero-order valence-corrected chi connectivity index (χ0v) is 8.91. The lowest BCUT2D eigenvalue weighted by Crippen LogP contribution is -2.00. The number of hydrogen-bond acceptors (Lipinski definition) is 2. The molecule has 0 radical (unpaired) electrons. The van der Waals surface area contributed by atoms with Gasteiger partial charge in [0.15, 0.2) is 0 Å². The molecule has 1 unspecified atom stereocenters. The molecule has 1 atom stereocenters. The molecule has 0 saturated carbocycles. The van der Waals surface area contributed by atoms with Gasteiger partial charge in [0, 0.05) is 5.92 Å². The van der Waals surface area contributed by atoms with Crippen LogP contribution in [0.4, 0.5) is 0 Å². The molecule has 0 amide bonds. The van der Waals surface area contributed by atoms with Crippen molar-refractivity contribution in [1.82, 2.24) is 0 Å². The fraction of sp³-hybridized carbons (Fsp3) is 0.300. The maximum absolute atomic E-state index is 10.4. The Labute approximate surface area is 85.7 Å². The van der Waals surface area contributed by atoms with Crippen LogP contribution < -0.4 is 0 Å². The van der Waals surface area contributed by atoms with Gasteiger partial charge in [-0.1, -0.05) is 13.0 Å². The van der Waals surface area contributed by atoms with Crippen LogP contribution in [0.3, 0.4) is 0 Å². The predicted molar refractivity (Wildman–Crippen MR) is 54.7 cm³/mol. The van der Waals surface area contributed by atoms with Crippen molar-refractivity contribution in [1.29, 1.82) is 0 Å². The third-order valence-corrected chi connectivity index (χ3v) is 2.44. The molecule has 1 aromatic carbocycles. The lowest BCUT2D eigenvalue weighted by molar-refractivity contribution is -0.110. The summed E-state index contributed by atoms with van der Waals surface area (Å²) in [7, 11) is 0. The highest BCUT2D eigenvalue weighted by atomic mass is 79.9. The highest BCUT2D eigenvalue weighted by molar-refractivity contribution is 9.10. The van der Waals surface area contributed by atoms with Crippen molar-refractivity contribution in [3.05, 3.63) is 28.2 Å². The van der Waals surface area contributed by atoms with E-state index < -0.39 is 0 Å². The number of phenols is 1. The van der Waals surface area contributed by atoms with Crippen LogP contribution in [-0.2, 0) is 11.2 Å². The summed E-state index contributed by atoms with van der Waals surface area (Å²) in [6.07, 6.45) is 1.64. The van der Waals surface area contributed by atoms with Gasteiger partial charge in [0.1, 0.15) is 12.0 Å². The first kappa shape index (κ1) is 10.3. The van der Waals surface area contributed by atoms with Gasteiger partial charge >= 0.3 is 0 Å². The minimum atomic E-state index is 0.0245. The average Bonchev–Trinajstić information content (AvgIpc) is 2.11. The Kier molecular flexibility index (Phi) is 3.48. The molecule has 0 fully saturated rings. The average molecular weight is 243 g/mol. The SMILES string of the molecule is CC(C=O)Cc1ccc(O)c(Br)c1. The van der Waals surface area contributed by atoms with Gasteiger partial charge in [0.05, 0.1) is 4.47 Å². The fourth-order valence-electron chi connectivity index (χ4n) is 1.10. The molecule has 0 saturated heterocycles. The number of carbonyl (C=O) groups excluding carboxylic acids is 1. The maximum atomic E-state index is 10.4. The van der Waals surface area contributed by atoms with Gasteiger partial charge in [-0.2, -0.15) is 0 Å². The molecule has 1 rings (SSSR count). The Bertz CT molecular complexity index is 310. The molecule has 1 aromatic rings. The number of aromatic hydroxyl groups is 1. The Hall–Kier alpha value is -0.830. The zero-order valence-electron chi connectivity index (χ0n) is 7.33. The van der Waals surface area contributed by atoms with E-state index in [2.05, 4.69) is 15.9 Å². The number of phenolic OH excluding ortho intramolecular Hbond substituents is 1. The molecule has 70 valence electrons. The molecular formula is C10H11BrO2. The number of carbonyl (C=O) groups is 1.